The number of amides is 1. The van der Waals surface area contributed by atoms with Crippen molar-refractivity contribution in [3.8, 4) is 28.5 Å². The van der Waals surface area contributed by atoms with Gasteiger partial charge in [-0.15, -0.1) is 11.3 Å². The van der Waals surface area contributed by atoms with Crippen LogP contribution in [-0.2, 0) is 0 Å². The second kappa shape index (κ2) is 10.2. The van der Waals surface area contributed by atoms with E-state index in [-0.39, 0.29) is 5.91 Å². The van der Waals surface area contributed by atoms with Crippen molar-refractivity contribution in [1.82, 2.24) is 4.98 Å². The standard InChI is InChI=1S/C33H29N3OS/c1-19(2)23-12-14-24(15-13-23)31-22(5)38-33(28(31)18-34)36-32(37)27-17-30(25-11-10-20(3)21(4)16-25)35-29-9-7-6-8-26(27)29/h6-17,19H,1-5H3,(H,36,37). The van der Waals surface area contributed by atoms with Gasteiger partial charge in [-0.05, 0) is 67.1 Å². The number of benzene rings is 3. The van der Waals surface area contributed by atoms with Crippen LogP contribution in [0.25, 0.3) is 33.3 Å². The molecular weight excluding hydrogens is 486 g/mol. The molecule has 1 N–H and O–H groups in total. The lowest BCUT2D eigenvalue weighted by atomic mass is 9.97. The number of aromatic nitrogens is 1. The van der Waals surface area contributed by atoms with Crippen molar-refractivity contribution < 1.29 is 4.79 Å². The Morgan fingerprint density at radius 3 is 2.32 bits per heavy atom. The van der Waals surface area contributed by atoms with Gasteiger partial charge in [0, 0.05) is 21.4 Å². The van der Waals surface area contributed by atoms with Gasteiger partial charge >= 0.3 is 0 Å². The Bertz CT molecular complexity index is 1720. The molecule has 0 aliphatic rings. The number of nitriles is 1. The first kappa shape index (κ1) is 25.4. The molecule has 1 amide bonds. The van der Waals surface area contributed by atoms with Gasteiger partial charge in [0.15, 0.2) is 0 Å². The summed E-state index contributed by atoms with van der Waals surface area (Å²) >= 11 is 1.43. The lowest BCUT2D eigenvalue weighted by molar-refractivity contribution is 0.102. The molecule has 5 aromatic rings. The number of hydrogen-bond donors (Lipinski definition) is 1. The molecule has 2 heterocycles. The van der Waals surface area contributed by atoms with E-state index in [9.17, 15) is 10.1 Å². The summed E-state index contributed by atoms with van der Waals surface area (Å²) in [5, 5.41) is 14.5. The van der Waals surface area contributed by atoms with Crippen LogP contribution in [0, 0.1) is 32.1 Å². The van der Waals surface area contributed by atoms with Crippen LogP contribution in [0.4, 0.5) is 5.00 Å². The first-order valence-electron chi connectivity index (χ1n) is 12.7. The zero-order chi connectivity index (χ0) is 27.0. The van der Waals surface area contributed by atoms with Gasteiger partial charge in [-0.3, -0.25) is 4.79 Å². The third-order valence-electron chi connectivity index (χ3n) is 7.05. The molecule has 0 unspecified atom stereocenters. The van der Waals surface area contributed by atoms with Crippen LogP contribution < -0.4 is 5.32 Å². The van der Waals surface area contributed by atoms with Crippen molar-refractivity contribution in [3.63, 3.8) is 0 Å². The fourth-order valence-electron chi connectivity index (χ4n) is 4.70. The number of fused-ring (bicyclic) bond motifs is 1. The van der Waals surface area contributed by atoms with Gasteiger partial charge in [-0.25, -0.2) is 4.98 Å². The summed E-state index contributed by atoms with van der Waals surface area (Å²) in [6, 6.07) is 26.4. The SMILES string of the molecule is Cc1ccc(-c2cc(C(=O)Nc3sc(C)c(-c4ccc(C(C)C)cc4)c3C#N)c3ccccc3n2)cc1C. The molecule has 2 aromatic heterocycles. The number of anilines is 1. The molecule has 5 rings (SSSR count). The van der Waals surface area contributed by atoms with Crippen LogP contribution in [0.5, 0.6) is 0 Å². The fraction of sp³-hybridized carbons (Fsp3) is 0.182. The van der Waals surface area contributed by atoms with Gasteiger partial charge in [-0.2, -0.15) is 5.26 Å². The average Bonchev–Trinajstić information content (AvgIpc) is 3.23. The van der Waals surface area contributed by atoms with Crippen molar-refractivity contribution >= 4 is 33.1 Å². The smallest absolute Gasteiger partial charge is 0.257 e. The fourth-order valence-corrected chi connectivity index (χ4v) is 5.73. The third kappa shape index (κ3) is 4.71. The molecule has 0 atom stereocenters. The number of pyridine rings is 1. The number of thiophene rings is 1. The minimum Gasteiger partial charge on any atom is -0.312 e. The van der Waals surface area contributed by atoms with Crippen LogP contribution >= 0.6 is 11.3 Å². The van der Waals surface area contributed by atoms with Gasteiger partial charge in [0.05, 0.1) is 22.3 Å². The Morgan fingerprint density at radius 1 is 0.921 bits per heavy atom. The minimum absolute atomic E-state index is 0.256. The highest BCUT2D eigenvalue weighted by Crippen LogP contribution is 2.40. The first-order chi connectivity index (χ1) is 18.3. The predicted octanol–water partition coefficient (Wildman–Crippen LogP) is 8.80. The number of nitrogens with one attached hydrogen (secondary N) is 1. The van der Waals surface area contributed by atoms with Crippen molar-refractivity contribution in [2.24, 2.45) is 0 Å². The summed E-state index contributed by atoms with van der Waals surface area (Å²) in [5.41, 5.74) is 8.96. The van der Waals surface area contributed by atoms with E-state index in [1.54, 1.807) is 0 Å². The Labute approximate surface area is 227 Å². The van der Waals surface area contributed by atoms with Crippen molar-refractivity contribution in [3.05, 3.63) is 105 Å². The highest BCUT2D eigenvalue weighted by Gasteiger charge is 2.21. The summed E-state index contributed by atoms with van der Waals surface area (Å²) in [5.74, 6) is 0.176. The molecule has 188 valence electrons. The van der Waals surface area contributed by atoms with E-state index in [4.69, 9.17) is 4.98 Å². The van der Waals surface area contributed by atoms with E-state index >= 15 is 0 Å². The Hall–Kier alpha value is -4.27. The van der Waals surface area contributed by atoms with Gasteiger partial charge in [-0.1, -0.05) is 68.4 Å². The third-order valence-corrected chi connectivity index (χ3v) is 8.07. The molecule has 0 aliphatic carbocycles. The maximum Gasteiger partial charge on any atom is 0.257 e. The number of rotatable bonds is 5. The predicted molar refractivity (Wildman–Crippen MR) is 158 cm³/mol. The number of carbonyl (C=O) groups is 1. The second-order valence-corrected chi connectivity index (χ2v) is 11.2. The average molecular weight is 516 g/mol. The largest absolute Gasteiger partial charge is 0.312 e. The van der Waals surface area contributed by atoms with E-state index in [0.717, 1.165) is 38.2 Å². The van der Waals surface area contributed by atoms with E-state index in [2.05, 4.69) is 75.5 Å². The molecule has 0 saturated heterocycles. The zero-order valence-electron chi connectivity index (χ0n) is 22.2. The molecule has 3 aromatic carbocycles. The Kier molecular flexibility index (Phi) is 6.84. The second-order valence-electron chi connectivity index (χ2n) is 9.95. The summed E-state index contributed by atoms with van der Waals surface area (Å²) in [4.78, 5) is 19.6. The first-order valence-corrected chi connectivity index (χ1v) is 13.5. The molecule has 4 nitrogen and oxygen atoms in total. The lowest BCUT2D eigenvalue weighted by Crippen LogP contribution is -2.13. The van der Waals surface area contributed by atoms with E-state index in [0.29, 0.717) is 22.0 Å². The molecule has 0 fully saturated rings. The van der Waals surface area contributed by atoms with Crippen molar-refractivity contribution in [1.29, 1.82) is 5.26 Å². The Morgan fingerprint density at radius 2 is 1.63 bits per heavy atom. The lowest BCUT2D eigenvalue weighted by Gasteiger charge is -2.11. The molecule has 0 radical (unpaired) electrons. The van der Waals surface area contributed by atoms with Gasteiger partial charge in [0.1, 0.15) is 11.1 Å². The summed E-state index contributed by atoms with van der Waals surface area (Å²) in [7, 11) is 0. The molecule has 5 heteroatoms. The number of nitrogens with zero attached hydrogens (tertiary/aromatic N) is 2. The molecule has 38 heavy (non-hydrogen) atoms. The molecule has 0 bridgehead atoms. The number of aryl methyl sites for hydroxylation is 3. The van der Waals surface area contributed by atoms with Crippen LogP contribution in [0.15, 0.2) is 72.8 Å². The topological polar surface area (TPSA) is 65.8 Å². The number of hydrogen-bond acceptors (Lipinski definition) is 4. The van der Waals surface area contributed by atoms with Crippen LogP contribution in [-0.4, -0.2) is 10.9 Å². The van der Waals surface area contributed by atoms with Crippen LogP contribution in [0.1, 0.15) is 57.3 Å². The highest BCUT2D eigenvalue weighted by molar-refractivity contribution is 7.17. The van der Waals surface area contributed by atoms with Gasteiger partial charge in [0.25, 0.3) is 5.91 Å². The van der Waals surface area contributed by atoms with E-state index < -0.39 is 0 Å². The molecule has 0 aliphatic heterocycles. The summed E-state index contributed by atoms with van der Waals surface area (Å²) in [6.07, 6.45) is 0. The quantitative estimate of drug-likeness (QED) is 0.254. The monoisotopic (exact) mass is 515 g/mol. The zero-order valence-corrected chi connectivity index (χ0v) is 23.0. The highest BCUT2D eigenvalue weighted by atomic mass is 32.1. The van der Waals surface area contributed by atoms with Crippen molar-refractivity contribution in [2.45, 2.75) is 40.5 Å². The van der Waals surface area contributed by atoms with Crippen LogP contribution in [0.3, 0.4) is 0 Å². The number of carbonyl (C=O) groups excluding carboxylic acids is 1. The number of para-hydroxylation sites is 1. The normalized spacial score (nSPS) is 11.1. The molecular formula is C33H29N3OS. The summed E-state index contributed by atoms with van der Waals surface area (Å²) in [6.45, 7) is 10.5. The molecule has 0 spiro atoms. The maximum atomic E-state index is 13.7. The van der Waals surface area contributed by atoms with Crippen LogP contribution in [0.2, 0.25) is 0 Å². The van der Waals surface area contributed by atoms with Crippen molar-refractivity contribution in [2.75, 3.05) is 5.32 Å². The minimum atomic E-state index is -0.256. The van der Waals surface area contributed by atoms with E-state index in [1.165, 1.54) is 28.0 Å². The van der Waals surface area contributed by atoms with Gasteiger partial charge in [0.2, 0.25) is 0 Å². The Balaban J connectivity index is 1.56. The molecule has 0 saturated carbocycles. The van der Waals surface area contributed by atoms with Gasteiger partial charge < -0.3 is 5.32 Å². The van der Waals surface area contributed by atoms with E-state index in [1.807, 2.05) is 43.3 Å². The summed E-state index contributed by atoms with van der Waals surface area (Å²) < 4.78 is 0. The maximum absolute atomic E-state index is 13.7.